The van der Waals surface area contributed by atoms with Gasteiger partial charge in [-0.05, 0) is 57.0 Å². The Kier molecular flexibility index (Phi) is 9.88. The first-order valence-corrected chi connectivity index (χ1v) is 12.7. The summed E-state index contributed by atoms with van der Waals surface area (Å²) in [6.45, 7) is 5.81. The molecule has 2 aromatic rings. The molecule has 2 rings (SSSR count). The number of nitrogens with zero attached hydrogens (tertiary/aromatic N) is 2. The van der Waals surface area contributed by atoms with Gasteiger partial charge in [0.1, 0.15) is 6.04 Å². The van der Waals surface area contributed by atoms with Gasteiger partial charge < -0.3 is 10.2 Å². The van der Waals surface area contributed by atoms with Crippen LogP contribution in [0.2, 0.25) is 5.02 Å². The van der Waals surface area contributed by atoms with E-state index in [9.17, 15) is 18.0 Å². The van der Waals surface area contributed by atoms with Gasteiger partial charge >= 0.3 is 0 Å². The Hall–Kier alpha value is -2.42. The summed E-state index contributed by atoms with van der Waals surface area (Å²) in [4.78, 5) is 27.4. The van der Waals surface area contributed by atoms with Crippen LogP contribution < -0.4 is 5.32 Å². The third kappa shape index (κ3) is 7.84. The SMILES string of the molecule is CC(C)NC(=O)[C@H](C)N(Cc1cccc(Cl)c1)C(=O)CCCN(C)S(=O)(=O)c1ccccc1. The van der Waals surface area contributed by atoms with Crippen molar-refractivity contribution in [2.24, 2.45) is 0 Å². The quantitative estimate of drug-likeness (QED) is 0.517. The molecule has 0 spiro atoms. The molecule has 0 aromatic heterocycles. The van der Waals surface area contributed by atoms with Crippen LogP contribution in [-0.4, -0.2) is 55.1 Å². The van der Waals surface area contributed by atoms with Gasteiger partial charge in [-0.15, -0.1) is 0 Å². The van der Waals surface area contributed by atoms with Crippen LogP contribution in [0.4, 0.5) is 0 Å². The van der Waals surface area contributed by atoms with Gasteiger partial charge in [-0.1, -0.05) is 41.9 Å². The zero-order valence-electron chi connectivity index (χ0n) is 19.5. The van der Waals surface area contributed by atoms with Gasteiger partial charge in [0, 0.05) is 37.6 Å². The second kappa shape index (κ2) is 12.2. The van der Waals surface area contributed by atoms with Crippen LogP contribution in [0, 0.1) is 0 Å². The number of nitrogens with one attached hydrogen (secondary N) is 1. The Morgan fingerprint density at radius 1 is 1.03 bits per heavy atom. The molecule has 9 heteroatoms. The molecule has 2 amide bonds. The van der Waals surface area contributed by atoms with Gasteiger partial charge in [-0.3, -0.25) is 9.59 Å². The molecule has 2 aromatic carbocycles. The van der Waals surface area contributed by atoms with Crippen molar-refractivity contribution >= 4 is 33.4 Å². The van der Waals surface area contributed by atoms with Crippen molar-refractivity contribution in [1.29, 1.82) is 0 Å². The van der Waals surface area contributed by atoms with Crippen LogP contribution in [0.25, 0.3) is 0 Å². The molecule has 0 saturated carbocycles. The molecule has 33 heavy (non-hydrogen) atoms. The average Bonchev–Trinajstić information content (AvgIpc) is 2.77. The first-order chi connectivity index (χ1) is 15.5. The molecule has 0 aliphatic carbocycles. The molecule has 0 radical (unpaired) electrons. The summed E-state index contributed by atoms with van der Waals surface area (Å²) in [6, 6.07) is 14.6. The Morgan fingerprint density at radius 2 is 1.70 bits per heavy atom. The van der Waals surface area contributed by atoms with Crippen LogP contribution in [0.1, 0.15) is 39.2 Å². The average molecular weight is 494 g/mol. The number of rotatable bonds is 11. The molecule has 0 unspecified atom stereocenters. The lowest BCUT2D eigenvalue weighted by atomic mass is 10.1. The van der Waals surface area contributed by atoms with Crippen molar-refractivity contribution in [3.63, 3.8) is 0 Å². The van der Waals surface area contributed by atoms with E-state index in [4.69, 9.17) is 11.6 Å². The third-order valence-corrected chi connectivity index (χ3v) is 7.26. The molecule has 0 bridgehead atoms. The van der Waals surface area contributed by atoms with E-state index in [-0.39, 0.29) is 42.3 Å². The minimum atomic E-state index is -3.62. The van der Waals surface area contributed by atoms with Gasteiger partial charge in [0.2, 0.25) is 21.8 Å². The van der Waals surface area contributed by atoms with Crippen molar-refractivity contribution in [3.8, 4) is 0 Å². The number of hydrogen-bond acceptors (Lipinski definition) is 4. The summed E-state index contributed by atoms with van der Waals surface area (Å²) >= 11 is 6.09. The lowest BCUT2D eigenvalue weighted by Crippen LogP contribution is -2.49. The van der Waals surface area contributed by atoms with Gasteiger partial charge in [-0.25, -0.2) is 12.7 Å². The topological polar surface area (TPSA) is 86.8 Å². The van der Waals surface area contributed by atoms with Crippen LogP contribution in [-0.2, 0) is 26.2 Å². The number of hydrogen-bond donors (Lipinski definition) is 1. The first kappa shape index (κ1) is 26.8. The number of benzene rings is 2. The van der Waals surface area contributed by atoms with Crippen LogP contribution in [0.5, 0.6) is 0 Å². The predicted molar refractivity (Wildman–Crippen MR) is 130 cm³/mol. The van der Waals surface area contributed by atoms with E-state index in [0.29, 0.717) is 11.4 Å². The zero-order chi connectivity index (χ0) is 24.6. The van der Waals surface area contributed by atoms with Crippen molar-refractivity contribution in [3.05, 3.63) is 65.2 Å². The van der Waals surface area contributed by atoms with Gasteiger partial charge in [-0.2, -0.15) is 0 Å². The zero-order valence-corrected chi connectivity index (χ0v) is 21.1. The van der Waals surface area contributed by atoms with E-state index < -0.39 is 16.1 Å². The monoisotopic (exact) mass is 493 g/mol. The Bertz CT molecular complexity index is 1040. The molecule has 0 heterocycles. The predicted octanol–water partition coefficient (Wildman–Crippen LogP) is 3.68. The lowest BCUT2D eigenvalue weighted by Gasteiger charge is -2.29. The molecule has 0 aliphatic heterocycles. The molecule has 0 saturated heterocycles. The highest BCUT2D eigenvalue weighted by molar-refractivity contribution is 7.89. The molecular formula is C24H32ClN3O4S. The van der Waals surface area contributed by atoms with E-state index in [1.165, 1.54) is 16.3 Å². The smallest absolute Gasteiger partial charge is 0.242 e. The van der Waals surface area contributed by atoms with Gasteiger partial charge in [0.05, 0.1) is 4.90 Å². The first-order valence-electron chi connectivity index (χ1n) is 10.9. The van der Waals surface area contributed by atoms with E-state index in [1.54, 1.807) is 55.5 Å². The van der Waals surface area contributed by atoms with Crippen LogP contribution in [0.3, 0.4) is 0 Å². The van der Waals surface area contributed by atoms with Crippen molar-refractivity contribution in [2.45, 2.75) is 57.1 Å². The fraction of sp³-hybridized carbons (Fsp3) is 0.417. The highest BCUT2D eigenvalue weighted by Crippen LogP contribution is 2.17. The molecule has 0 fully saturated rings. The lowest BCUT2D eigenvalue weighted by molar-refractivity contribution is -0.140. The summed E-state index contributed by atoms with van der Waals surface area (Å²) in [5.74, 6) is -0.476. The molecule has 1 N–H and O–H groups in total. The molecule has 7 nitrogen and oxygen atoms in total. The van der Waals surface area contributed by atoms with Crippen LogP contribution >= 0.6 is 11.6 Å². The van der Waals surface area contributed by atoms with E-state index in [1.807, 2.05) is 19.9 Å². The Morgan fingerprint density at radius 3 is 2.30 bits per heavy atom. The normalized spacial score (nSPS) is 12.6. The maximum atomic E-state index is 13.1. The fourth-order valence-electron chi connectivity index (χ4n) is 3.31. The number of carbonyl (C=O) groups is 2. The summed E-state index contributed by atoms with van der Waals surface area (Å²) < 4.78 is 26.6. The second-order valence-electron chi connectivity index (χ2n) is 8.23. The van der Waals surface area contributed by atoms with Gasteiger partial charge in [0.15, 0.2) is 0 Å². The van der Waals surface area contributed by atoms with Gasteiger partial charge in [0.25, 0.3) is 0 Å². The summed E-state index contributed by atoms with van der Waals surface area (Å²) in [7, 11) is -2.13. The van der Waals surface area contributed by atoms with E-state index in [0.717, 1.165) is 5.56 Å². The number of amides is 2. The van der Waals surface area contributed by atoms with E-state index >= 15 is 0 Å². The number of sulfonamides is 1. The minimum absolute atomic E-state index is 0.0556. The Labute approximate surface area is 201 Å². The standard InChI is InChI=1S/C24H32ClN3O4S/c1-18(2)26-24(30)19(3)28(17-20-10-8-11-21(25)16-20)23(29)14-9-15-27(4)33(31,32)22-12-6-5-7-13-22/h5-8,10-13,16,18-19H,9,14-15,17H2,1-4H3,(H,26,30)/t19-/m0/s1. The molecular weight excluding hydrogens is 462 g/mol. The second-order valence-corrected chi connectivity index (χ2v) is 10.7. The van der Waals surface area contributed by atoms with Crippen molar-refractivity contribution < 1.29 is 18.0 Å². The number of halogens is 1. The Balaban J connectivity index is 2.08. The molecule has 0 aliphatic rings. The summed E-state index contributed by atoms with van der Waals surface area (Å²) in [5, 5.41) is 3.39. The highest BCUT2D eigenvalue weighted by Gasteiger charge is 2.27. The van der Waals surface area contributed by atoms with Crippen molar-refractivity contribution in [2.75, 3.05) is 13.6 Å². The number of carbonyl (C=O) groups excluding carboxylic acids is 2. The summed E-state index contributed by atoms with van der Waals surface area (Å²) in [6.07, 6.45) is 0.431. The van der Waals surface area contributed by atoms with Crippen molar-refractivity contribution in [1.82, 2.24) is 14.5 Å². The third-order valence-electron chi connectivity index (χ3n) is 5.16. The highest BCUT2D eigenvalue weighted by atomic mass is 35.5. The molecule has 180 valence electrons. The largest absolute Gasteiger partial charge is 0.352 e. The summed E-state index contributed by atoms with van der Waals surface area (Å²) in [5.41, 5.74) is 0.809. The minimum Gasteiger partial charge on any atom is -0.352 e. The maximum Gasteiger partial charge on any atom is 0.242 e. The fourth-order valence-corrected chi connectivity index (χ4v) is 4.75. The van der Waals surface area contributed by atoms with E-state index in [2.05, 4.69) is 5.32 Å². The maximum absolute atomic E-state index is 13.1. The van der Waals surface area contributed by atoms with Crippen LogP contribution in [0.15, 0.2) is 59.5 Å². The molecule has 1 atom stereocenters.